The predicted molar refractivity (Wildman–Crippen MR) is 91.6 cm³/mol. The Bertz CT molecular complexity index is 909. The number of rotatable bonds is 2. The van der Waals surface area contributed by atoms with Gasteiger partial charge >= 0.3 is 0 Å². The molecule has 0 unspecified atom stereocenters. The van der Waals surface area contributed by atoms with E-state index in [1.165, 1.54) is 15.3 Å². The third-order valence-corrected chi connectivity index (χ3v) is 5.01. The highest BCUT2D eigenvalue weighted by Gasteiger charge is 2.09. The minimum absolute atomic E-state index is 0.961. The van der Waals surface area contributed by atoms with Gasteiger partial charge in [-0.05, 0) is 45.8 Å². The summed E-state index contributed by atoms with van der Waals surface area (Å²) in [7, 11) is 0. The molecule has 0 N–H and O–H groups in total. The van der Waals surface area contributed by atoms with Gasteiger partial charge in [-0.15, -0.1) is 11.3 Å². The van der Waals surface area contributed by atoms with Gasteiger partial charge in [-0.1, -0.05) is 30.3 Å². The minimum atomic E-state index is 0.961. The third kappa shape index (κ3) is 2.30. The van der Waals surface area contributed by atoms with Gasteiger partial charge in [0.2, 0.25) is 0 Å². The summed E-state index contributed by atoms with van der Waals surface area (Å²) < 4.78 is 3.17. The number of halogens is 1. The van der Waals surface area contributed by atoms with Crippen LogP contribution in [0.4, 0.5) is 0 Å². The topological polar surface area (TPSA) is 17.3 Å². The Kier molecular flexibility index (Phi) is 3.13. The van der Waals surface area contributed by atoms with E-state index in [1.54, 1.807) is 11.3 Å². The van der Waals surface area contributed by atoms with E-state index in [0.717, 1.165) is 15.8 Å². The molecular weight excluding hydrogens is 344 g/mol. The first-order valence-corrected chi connectivity index (χ1v) is 8.20. The fourth-order valence-electron chi connectivity index (χ4n) is 2.37. The van der Waals surface area contributed by atoms with Gasteiger partial charge in [-0.3, -0.25) is 4.40 Å². The molecule has 0 saturated heterocycles. The number of nitrogens with zero attached hydrogens (tertiary/aromatic N) is 2. The van der Waals surface area contributed by atoms with Crippen LogP contribution in [0.25, 0.3) is 26.7 Å². The van der Waals surface area contributed by atoms with Crippen LogP contribution in [0.1, 0.15) is 0 Å². The fourth-order valence-corrected chi connectivity index (χ4v) is 3.73. The molecule has 0 atom stereocenters. The molecule has 4 heteroatoms. The van der Waals surface area contributed by atoms with Crippen molar-refractivity contribution in [3.8, 4) is 21.0 Å². The van der Waals surface area contributed by atoms with Gasteiger partial charge in [0, 0.05) is 15.5 Å². The molecule has 0 aliphatic carbocycles. The molecule has 4 rings (SSSR count). The summed E-state index contributed by atoms with van der Waals surface area (Å²) in [6.45, 7) is 0. The number of fused-ring (bicyclic) bond motifs is 1. The molecule has 0 aliphatic rings. The van der Waals surface area contributed by atoms with Crippen LogP contribution in [0.5, 0.6) is 0 Å². The van der Waals surface area contributed by atoms with Crippen molar-refractivity contribution in [2.45, 2.75) is 0 Å². The Hall–Kier alpha value is -1.91. The molecule has 21 heavy (non-hydrogen) atoms. The lowest BCUT2D eigenvalue weighted by atomic mass is 10.2. The van der Waals surface area contributed by atoms with Gasteiger partial charge in [0.1, 0.15) is 5.65 Å². The first kappa shape index (κ1) is 12.8. The molecule has 0 spiro atoms. The smallest absolute Gasteiger partial charge is 0.137 e. The van der Waals surface area contributed by atoms with E-state index in [2.05, 4.69) is 67.9 Å². The summed E-state index contributed by atoms with van der Waals surface area (Å²) in [6.07, 6.45) is 3.99. The molecule has 0 bridgehead atoms. The third-order valence-electron chi connectivity index (χ3n) is 3.39. The lowest BCUT2D eigenvalue weighted by Gasteiger charge is -2.00. The number of hydrogen-bond acceptors (Lipinski definition) is 2. The Morgan fingerprint density at radius 3 is 2.57 bits per heavy atom. The molecule has 4 aromatic rings. The molecule has 0 amide bonds. The SMILES string of the molecule is Brc1ccc2ncc(-c3ccc(-c4ccccc4)s3)n2c1. The van der Waals surface area contributed by atoms with Crippen molar-refractivity contribution in [1.29, 1.82) is 0 Å². The van der Waals surface area contributed by atoms with Crippen LogP contribution in [-0.2, 0) is 0 Å². The van der Waals surface area contributed by atoms with Gasteiger partial charge in [-0.25, -0.2) is 4.98 Å². The number of thiophene rings is 1. The van der Waals surface area contributed by atoms with Crippen molar-refractivity contribution >= 4 is 32.9 Å². The normalized spacial score (nSPS) is 11.1. The number of aromatic nitrogens is 2. The monoisotopic (exact) mass is 354 g/mol. The van der Waals surface area contributed by atoms with E-state index in [4.69, 9.17) is 0 Å². The molecular formula is C17H11BrN2S. The second-order valence-corrected chi connectivity index (χ2v) is 6.75. The van der Waals surface area contributed by atoms with Crippen molar-refractivity contribution < 1.29 is 0 Å². The minimum Gasteiger partial charge on any atom is -0.298 e. The van der Waals surface area contributed by atoms with Gasteiger partial charge in [0.15, 0.2) is 0 Å². The highest BCUT2D eigenvalue weighted by molar-refractivity contribution is 9.10. The quantitative estimate of drug-likeness (QED) is 0.465. The Morgan fingerprint density at radius 2 is 1.71 bits per heavy atom. The average molecular weight is 355 g/mol. The second-order valence-electron chi connectivity index (χ2n) is 4.75. The van der Waals surface area contributed by atoms with Crippen LogP contribution in [0.3, 0.4) is 0 Å². The molecule has 0 aliphatic heterocycles. The number of pyridine rings is 1. The van der Waals surface area contributed by atoms with Crippen LogP contribution in [-0.4, -0.2) is 9.38 Å². The largest absolute Gasteiger partial charge is 0.298 e. The van der Waals surface area contributed by atoms with E-state index >= 15 is 0 Å². The molecule has 0 saturated carbocycles. The van der Waals surface area contributed by atoms with Gasteiger partial charge < -0.3 is 0 Å². The first-order chi connectivity index (χ1) is 10.3. The Balaban J connectivity index is 1.83. The zero-order valence-corrected chi connectivity index (χ0v) is 13.4. The number of imidazole rings is 1. The molecule has 2 nitrogen and oxygen atoms in total. The summed E-state index contributed by atoms with van der Waals surface area (Å²) in [5.74, 6) is 0. The average Bonchev–Trinajstić information content (AvgIpc) is 3.14. The molecule has 0 radical (unpaired) electrons. The summed E-state index contributed by atoms with van der Waals surface area (Å²) in [4.78, 5) is 6.96. The van der Waals surface area contributed by atoms with E-state index < -0.39 is 0 Å². The number of hydrogen-bond donors (Lipinski definition) is 0. The second kappa shape index (κ2) is 5.13. The van der Waals surface area contributed by atoms with Crippen LogP contribution >= 0.6 is 27.3 Å². The van der Waals surface area contributed by atoms with E-state index in [-0.39, 0.29) is 0 Å². The Morgan fingerprint density at radius 1 is 0.905 bits per heavy atom. The first-order valence-electron chi connectivity index (χ1n) is 6.59. The molecule has 102 valence electrons. The molecule has 0 fully saturated rings. The maximum Gasteiger partial charge on any atom is 0.137 e. The van der Waals surface area contributed by atoms with Crippen molar-refractivity contribution in [2.75, 3.05) is 0 Å². The maximum atomic E-state index is 4.47. The van der Waals surface area contributed by atoms with Crippen molar-refractivity contribution in [2.24, 2.45) is 0 Å². The molecule has 3 heterocycles. The zero-order chi connectivity index (χ0) is 14.2. The fraction of sp³-hybridized carbons (Fsp3) is 0. The molecule has 1 aromatic carbocycles. The van der Waals surface area contributed by atoms with E-state index in [1.807, 2.05) is 24.4 Å². The lowest BCUT2D eigenvalue weighted by molar-refractivity contribution is 1.18. The summed E-state index contributed by atoms with van der Waals surface area (Å²) >= 11 is 5.31. The van der Waals surface area contributed by atoms with Gasteiger partial charge in [0.05, 0.1) is 16.8 Å². The summed E-state index contributed by atoms with van der Waals surface area (Å²) in [6, 6.07) is 18.8. The zero-order valence-electron chi connectivity index (χ0n) is 11.0. The van der Waals surface area contributed by atoms with E-state index in [9.17, 15) is 0 Å². The predicted octanol–water partition coefficient (Wildman–Crippen LogP) is 5.49. The highest BCUT2D eigenvalue weighted by Crippen LogP contribution is 2.34. The summed E-state index contributed by atoms with van der Waals surface area (Å²) in [5.41, 5.74) is 3.34. The summed E-state index contributed by atoms with van der Waals surface area (Å²) in [5, 5.41) is 0. The van der Waals surface area contributed by atoms with Crippen molar-refractivity contribution in [1.82, 2.24) is 9.38 Å². The standard InChI is InChI=1S/C17H11BrN2S/c18-13-6-9-17-19-10-14(20(17)11-13)16-8-7-15(21-16)12-4-2-1-3-5-12/h1-11H. The van der Waals surface area contributed by atoms with Gasteiger partial charge in [-0.2, -0.15) is 0 Å². The maximum absolute atomic E-state index is 4.47. The van der Waals surface area contributed by atoms with Crippen LogP contribution in [0.15, 0.2) is 71.5 Å². The van der Waals surface area contributed by atoms with Crippen LogP contribution in [0, 0.1) is 0 Å². The van der Waals surface area contributed by atoms with Crippen molar-refractivity contribution in [3.05, 3.63) is 71.5 Å². The van der Waals surface area contributed by atoms with Crippen LogP contribution < -0.4 is 0 Å². The molecule has 3 aromatic heterocycles. The highest BCUT2D eigenvalue weighted by atomic mass is 79.9. The van der Waals surface area contributed by atoms with E-state index in [0.29, 0.717) is 0 Å². The number of benzene rings is 1. The lowest BCUT2D eigenvalue weighted by Crippen LogP contribution is -1.85. The van der Waals surface area contributed by atoms with Gasteiger partial charge in [0.25, 0.3) is 0 Å². The van der Waals surface area contributed by atoms with Crippen LogP contribution in [0.2, 0.25) is 0 Å². The van der Waals surface area contributed by atoms with Crippen molar-refractivity contribution in [3.63, 3.8) is 0 Å². The Labute approximate surface area is 134 Å².